The average Bonchev–Trinajstić information content (AvgIpc) is 3.21. The van der Waals surface area contributed by atoms with E-state index in [-0.39, 0.29) is 0 Å². The van der Waals surface area contributed by atoms with Crippen LogP contribution in [-0.4, -0.2) is 62.3 Å². The summed E-state index contributed by atoms with van der Waals surface area (Å²) in [4.78, 5) is 23.6. The quantitative estimate of drug-likeness (QED) is 0.316. The molecule has 4 heterocycles. The van der Waals surface area contributed by atoms with Gasteiger partial charge >= 0.3 is 0 Å². The first-order valence-electron chi connectivity index (χ1n) is 10.3. The lowest BCUT2D eigenvalue weighted by atomic mass is 10.1. The van der Waals surface area contributed by atoms with Crippen molar-refractivity contribution in [2.45, 2.75) is 11.7 Å². The molecule has 0 amide bonds. The van der Waals surface area contributed by atoms with Gasteiger partial charge in [-0.2, -0.15) is 0 Å². The van der Waals surface area contributed by atoms with Gasteiger partial charge in [0.2, 0.25) is 5.95 Å². The summed E-state index contributed by atoms with van der Waals surface area (Å²) in [6.45, 7) is 5.17. The number of aromatic nitrogens is 5. The molecule has 1 aliphatic rings. The van der Waals surface area contributed by atoms with Gasteiger partial charge in [0.1, 0.15) is 5.82 Å². The Labute approximate surface area is 184 Å². The summed E-state index contributed by atoms with van der Waals surface area (Å²) >= 11 is 1.53. The normalized spacial score (nSPS) is 14.7. The van der Waals surface area contributed by atoms with E-state index in [1.807, 2.05) is 37.0 Å². The van der Waals surface area contributed by atoms with Gasteiger partial charge in [-0.15, -0.1) is 0 Å². The molecule has 0 bridgehead atoms. The molecule has 1 aromatic carbocycles. The van der Waals surface area contributed by atoms with Crippen molar-refractivity contribution in [1.82, 2.24) is 35.1 Å². The van der Waals surface area contributed by atoms with E-state index in [9.17, 15) is 0 Å². The topological polar surface area (TPSA) is 94.6 Å². The van der Waals surface area contributed by atoms with Crippen molar-refractivity contribution in [3.8, 4) is 11.1 Å². The molecule has 0 aliphatic carbocycles. The minimum atomic E-state index is 0.674. The number of hydrogen-bond donors (Lipinski definition) is 3. The van der Waals surface area contributed by atoms with Crippen LogP contribution in [0.15, 0.2) is 54.1 Å². The van der Waals surface area contributed by atoms with Gasteiger partial charge in [-0.25, -0.2) is 19.9 Å². The predicted molar refractivity (Wildman–Crippen MR) is 125 cm³/mol. The van der Waals surface area contributed by atoms with Gasteiger partial charge in [-0.3, -0.25) is 4.90 Å². The van der Waals surface area contributed by atoms with Crippen molar-refractivity contribution in [1.29, 1.82) is 0 Å². The number of thioether (sulfide) groups is 1. The van der Waals surface area contributed by atoms with Crippen LogP contribution in [0.5, 0.6) is 0 Å². The zero-order valence-electron chi connectivity index (χ0n) is 17.3. The third-order valence-electron chi connectivity index (χ3n) is 5.31. The van der Waals surface area contributed by atoms with Crippen LogP contribution in [0.4, 0.5) is 11.8 Å². The molecule has 0 atom stereocenters. The van der Waals surface area contributed by atoms with Crippen molar-refractivity contribution in [2.75, 3.05) is 37.8 Å². The van der Waals surface area contributed by atoms with Gasteiger partial charge < -0.3 is 15.6 Å². The van der Waals surface area contributed by atoms with Crippen LogP contribution in [0.3, 0.4) is 0 Å². The molecular weight excluding hydrogens is 408 g/mol. The lowest BCUT2D eigenvalue weighted by molar-refractivity contribution is 0.233. The van der Waals surface area contributed by atoms with Crippen molar-refractivity contribution >= 4 is 34.6 Å². The summed E-state index contributed by atoms with van der Waals surface area (Å²) < 4.78 is 0. The Bertz CT molecular complexity index is 1170. The van der Waals surface area contributed by atoms with Gasteiger partial charge in [0.05, 0.1) is 11.0 Å². The number of anilines is 2. The number of nitrogens with zero attached hydrogens (tertiary/aromatic N) is 5. The summed E-state index contributed by atoms with van der Waals surface area (Å²) in [5.41, 5.74) is 5.11. The summed E-state index contributed by atoms with van der Waals surface area (Å²) in [5, 5.41) is 7.47. The summed E-state index contributed by atoms with van der Waals surface area (Å²) in [6.07, 6.45) is 7.52. The first-order chi connectivity index (χ1) is 15.3. The van der Waals surface area contributed by atoms with Crippen LogP contribution in [0.25, 0.3) is 22.2 Å². The predicted octanol–water partition coefficient (Wildman–Crippen LogP) is 3.29. The molecule has 0 radical (unpaired) electrons. The molecule has 0 spiro atoms. The van der Waals surface area contributed by atoms with Crippen molar-refractivity contribution in [3.63, 3.8) is 0 Å². The number of hydrogen-bond acceptors (Lipinski definition) is 8. The maximum atomic E-state index is 4.66. The van der Waals surface area contributed by atoms with Gasteiger partial charge in [-0.1, -0.05) is 17.8 Å². The highest BCUT2D eigenvalue weighted by Gasteiger charge is 2.11. The number of benzene rings is 1. The molecule has 9 heteroatoms. The highest BCUT2D eigenvalue weighted by molar-refractivity contribution is 7.98. The highest BCUT2D eigenvalue weighted by atomic mass is 32.2. The Kier molecular flexibility index (Phi) is 5.79. The molecule has 0 unspecified atom stereocenters. The minimum absolute atomic E-state index is 0.674. The maximum absolute atomic E-state index is 4.66. The first kappa shape index (κ1) is 19.9. The number of aromatic amines is 1. The fraction of sp³-hybridized carbons (Fsp3) is 0.273. The van der Waals surface area contributed by atoms with Gasteiger partial charge in [0.15, 0.2) is 5.16 Å². The molecule has 158 valence electrons. The number of H-pyrrole nitrogens is 1. The van der Waals surface area contributed by atoms with Gasteiger partial charge in [-0.05, 0) is 41.6 Å². The molecule has 1 saturated heterocycles. The second-order valence-corrected chi connectivity index (χ2v) is 8.25. The average molecular weight is 433 g/mol. The van der Waals surface area contributed by atoms with E-state index < -0.39 is 0 Å². The number of imidazole rings is 1. The van der Waals surface area contributed by atoms with Gasteiger partial charge in [0, 0.05) is 56.9 Å². The molecule has 1 aliphatic heterocycles. The minimum Gasteiger partial charge on any atom is -0.324 e. The maximum Gasteiger partial charge on any atom is 0.206 e. The Morgan fingerprint density at radius 1 is 1.03 bits per heavy atom. The van der Waals surface area contributed by atoms with E-state index in [1.54, 1.807) is 0 Å². The van der Waals surface area contributed by atoms with E-state index in [2.05, 4.69) is 58.7 Å². The van der Waals surface area contributed by atoms with E-state index in [4.69, 9.17) is 0 Å². The summed E-state index contributed by atoms with van der Waals surface area (Å²) in [5.74, 6) is 1.46. The van der Waals surface area contributed by atoms with Crippen LogP contribution in [-0.2, 0) is 6.54 Å². The molecule has 3 N–H and O–H groups in total. The smallest absolute Gasteiger partial charge is 0.206 e. The Morgan fingerprint density at radius 2 is 1.87 bits per heavy atom. The molecule has 3 aromatic heterocycles. The molecule has 0 saturated carbocycles. The van der Waals surface area contributed by atoms with E-state index in [0.717, 1.165) is 65.9 Å². The fourth-order valence-electron chi connectivity index (χ4n) is 3.71. The molecule has 5 rings (SSSR count). The number of piperazine rings is 1. The Balaban J connectivity index is 1.33. The lowest BCUT2D eigenvalue weighted by Gasteiger charge is -2.27. The molecule has 1 fully saturated rings. The lowest BCUT2D eigenvalue weighted by Crippen LogP contribution is -2.42. The van der Waals surface area contributed by atoms with E-state index in [1.165, 1.54) is 17.3 Å². The van der Waals surface area contributed by atoms with Crippen LogP contribution >= 0.6 is 11.8 Å². The number of rotatable bonds is 6. The molecule has 8 nitrogen and oxygen atoms in total. The SMILES string of the molecule is CSc1ncc(-c2ccc3nc(Nc4cc(CN5CCNCC5)ccn4)[nH]c3c2)cn1. The van der Waals surface area contributed by atoms with Crippen LogP contribution in [0.2, 0.25) is 0 Å². The van der Waals surface area contributed by atoms with Crippen LogP contribution < -0.4 is 10.6 Å². The third-order valence-corrected chi connectivity index (χ3v) is 5.89. The Hall–Kier alpha value is -3.01. The fourth-order valence-corrected chi connectivity index (χ4v) is 4.03. The zero-order chi connectivity index (χ0) is 21.0. The number of pyridine rings is 1. The van der Waals surface area contributed by atoms with Crippen LogP contribution in [0.1, 0.15) is 5.56 Å². The van der Waals surface area contributed by atoms with Crippen molar-refractivity contribution in [3.05, 3.63) is 54.5 Å². The van der Waals surface area contributed by atoms with Crippen molar-refractivity contribution < 1.29 is 0 Å². The standard InChI is InChI=1S/C22H24N8S/c1-31-22-25-12-17(13-26-22)16-2-3-18-19(11-16)28-21(27-18)29-20-10-15(4-5-24-20)14-30-8-6-23-7-9-30/h2-5,10-13,23H,6-9,14H2,1H3,(H2,24,27,28,29). The monoisotopic (exact) mass is 432 g/mol. The molecular formula is C22H24N8S. The highest BCUT2D eigenvalue weighted by Crippen LogP contribution is 2.25. The first-order valence-corrected chi connectivity index (χ1v) is 11.5. The second kappa shape index (κ2) is 9.01. The largest absolute Gasteiger partial charge is 0.324 e. The number of nitrogens with one attached hydrogen (secondary N) is 3. The molecule has 31 heavy (non-hydrogen) atoms. The summed E-state index contributed by atoms with van der Waals surface area (Å²) in [6, 6.07) is 10.3. The molecule has 4 aromatic rings. The van der Waals surface area contributed by atoms with Crippen LogP contribution in [0, 0.1) is 0 Å². The zero-order valence-corrected chi connectivity index (χ0v) is 18.1. The summed E-state index contributed by atoms with van der Waals surface area (Å²) in [7, 11) is 0. The third kappa shape index (κ3) is 4.68. The van der Waals surface area contributed by atoms with E-state index >= 15 is 0 Å². The van der Waals surface area contributed by atoms with E-state index in [0.29, 0.717) is 5.95 Å². The van der Waals surface area contributed by atoms with Gasteiger partial charge in [0.25, 0.3) is 0 Å². The van der Waals surface area contributed by atoms with Crippen molar-refractivity contribution in [2.24, 2.45) is 0 Å². The second-order valence-electron chi connectivity index (χ2n) is 7.48. The number of fused-ring (bicyclic) bond motifs is 1. The Morgan fingerprint density at radius 3 is 2.68 bits per heavy atom.